The molecule has 2 aromatic heterocycles. The van der Waals surface area contributed by atoms with E-state index in [9.17, 15) is 22.8 Å². The van der Waals surface area contributed by atoms with Crippen molar-refractivity contribution < 1.29 is 27.9 Å². The van der Waals surface area contributed by atoms with Crippen LogP contribution in [0.2, 0.25) is 0 Å². The number of carbonyl (C=O) groups is 2. The summed E-state index contributed by atoms with van der Waals surface area (Å²) in [6.07, 6.45) is 11.3. The Morgan fingerprint density at radius 1 is 1.24 bits per heavy atom. The molecule has 41 heavy (non-hydrogen) atoms. The second kappa shape index (κ2) is 15.2. The molecule has 4 rings (SSSR count). The highest BCUT2D eigenvalue weighted by Gasteiger charge is 2.23. The zero-order valence-electron chi connectivity index (χ0n) is 22.3. The van der Waals surface area contributed by atoms with Crippen LogP contribution in [0.4, 0.5) is 19.0 Å². The van der Waals surface area contributed by atoms with Crippen LogP contribution in [0.3, 0.4) is 0 Å². The molecule has 1 fully saturated rings. The van der Waals surface area contributed by atoms with Crippen molar-refractivity contribution in [3.8, 4) is 11.4 Å². The second-order valence-corrected chi connectivity index (χ2v) is 10.8. The van der Waals surface area contributed by atoms with Crippen molar-refractivity contribution in [2.45, 2.75) is 44.7 Å². The van der Waals surface area contributed by atoms with Gasteiger partial charge in [-0.1, -0.05) is 24.8 Å². The van der Waals surface area contributed by atoms with Crippen LogP contribution in [0.15, 0.2) is 60.5 Å². The lowest BCUT2D eigenvalue weighted by atomic mass is 9.91. The molecule has 1 saturated carbocycles. The number of benzene rings is 1. The maximum absolute atomic E-state index is 14.4. The first-order chi connectivity index (χ1) is 19.7. The van der Waals surface area contributed by atoms with Gasteiger partial charge < -0.3 is 15.7 Å². The quantitative estimate of drug-likeness (QED) is 0.0989. The van der Waals surface area contributed by atoms with Gasteiger partial charge in [-0.05, 0) is 45.7 Å². The summed E-state index contributed by atoms with van der Waals surface area (Å²) in [5.41, 5.74) is 0.734. The molecule has 2 unspecified atom stereocenters. The average Bonchev–Trinajstić information content (AvgIpc) is 3.33. The van der Waals surface area contributed by atoms with Crippen LogP contribution < -0.4 is 10.6 Å². The van der Waals surface area contributed by atoms with Crippen molar-refractivity contribution in [2.75, 3.05) is 12.4 Å². The number of aromatic nitrogens is 3. The lowest BCUT2D eigenvalue weighted by molar-refractivity contribution is -0.132. The Balaban J connectivity index is 0.000000327. The van der Waals surface area contributed by atoms with Crippen LogP contribution in [0, 0.1) is 17.5 Å². The average molecular weight is 700 g/mol. The van der Waals surface area contributed by atoms with Gasteiger partial charge in [0, 0.05) is 71.2 Å². The minimum Gasteiger partial charge on any atom is -0.478 e. The maximum Gasteiger partial charge on any atom is 0.336 e. The summed E-state index contributed by atoms with van der Waals surface area (Å²) >= 11 is 2.01. The van der Waals surface area contributed by atoms with E-state index >= 15 is 0 Å². The highest BCUT2D eigenvalue weighted by atomic mass is 127. The fraction of sp³-hybridized carbons (Fsp3) is 0.286. The number of halogens is 4. The van der Waals surface area contributed by atoms with E-state index < -0.39 is 23.4 Å². The number of anilines is 1. The molecule has 0 amide bonds. The van der Waals surface area contributed by atoms with Crippen LogP contribution >= 0.6 is 30.3 Å². The molecule has 2 atom stereocenters. The van der Waals surface area contributed by atoms with Gasteiger partial charge in [0.25, 0.3) is 0 Å². The molecule has 1 aromatic carbocycles. The van der Waals surface area contributed by atoms with Crippen molar-refractivity contribution in [2.24, 2.45) is 0 Å². The number of nitrogens with zero attached hydrogens (tertiary/aromatic N) is 3. The SMILES string of the molecule is C=C/C(C(=O)O)=C(C=O)\C=C/C.CNC1CCCC(Nc2nc(-c3cn(SI)c4c(F)cc(F)cc34)ncc2F)C1. The Labute approximate surface area is 251 Å². The Hall–Kier alpha value is -3.17. The second-order valence-electron chi connectivity index (χ2n) is 9.10. The van der Waals surface area contributed by atoms with Crippen LogP contribution in [-0.2, 0) is 9.59 Å². The molecule has 3 aromatic rings. The number of fused-ring (bicyclic) bond motifs is 1. The number of carboxylic acid groups (broad SMARTS) is 1. The first-order valence-corrected chi connectivity index (χ1v) is 15.9. The topological polar surface area (TPSA) is 109 Å². The molecule has 0 aliphatic heterocycles. The number of aldehydes is 1. The Bertz CT molecular complexity index is 1490. The summed E-state index contributed by atoms with van der Waals surface area (Å²) in [7, 11) is 3.17. The van der Waals surface area contributed by atoms with Crippen LogP contribution in [0.5, 0.6) is 0 Å². The van der Waals surface area contributed by atoms with Gasteiger partial charge in [-0.3, -0.25) is 8.77 Å². The molecular weight excluding hydrogens is 670 g/mol. The third-order valence-corrected chi connectivity index (χ3v) is 8.20. The van der Waals surface area contributed by atoms with Gasteiger partial charge in [0.05, 0.1) is 17.3 Å². The molecule has 0 radical (unpaired) electrons. The van der Waals surface area contributed by atoms with Gasteiger partial charge in [-0.2, -0.15) is 0 Å². The number of nitrogens with one attached hydrogen (secondary N) is 2. The fourth-order valence-electron chi connectivity index (χ4n) is 4.55. The van der Waals surface area contributed by atoms with Crippen LogP contribution in [0.1, 0.15) is 32.6 Å². The molecule has 218 valence electrons. The van der Waals surface area contributed by atoms with Gasteiger partial charge in [0.1, 0.15) is 5.82 Å². The molecule has 1 aliphatic rings. The molecule has 13 heteroatoms. The normalized spacial score (nSPS) is 17.5. The van der Waals surface area contributed by atoms with Crippen molar-refractivity contribution in [3.05, 3.63) is 77.9 Å². The number of carboxylic acids is 1. The monoisotopic (exact) mass is 699 g/mol. The predicted molar refractivity (Wildman–Crippen MR) is 164 cm³/mol. The van der Waals surface area contributed by atoms with Crippen LogP contribution in [0.25, 0.3) is 22.3 Å². The number of allylic oxidation sites excluding steroid dienone is 3. The van der Waals surface area contributed by atoms with E-state index in [4.69, 9.17) is 5.11 Å². The molecule has 1 aliphatic carbocycles. The third-order valence-electron chi connectivity index (χ3n) is 6.49. The van der Waals surface area contributed by atoms with E-state index in [0.29, 0.717) is 23.3 Å². The largest absolute Gasteiger partial charge is 0.478 e. The van der Waals surface area contributed by atoms with Gasteiger partial charge in [0.2, 0.25) is 0 Å². The smallest absolute Gasteiger partial charge is 0.336 e. The summed E-state index contributed by atoms with van der Waals surface area (Å²) < 4.78 is 44.2. The number of hydrogen-bond acceptors (Lipinski definition) is 7. The van der Waals surface area contributed by atoms with Gasteiger partial charge in [-0.15, -0.1) is 0 Å². The number of hydrogen-bond donors (Lipinski definition) is 3. The summed E-state index contributed by atoms with van der Waals surface area (Å²) in [4.78, 5) is 29.3. The number of carbonyl (C=O) groups excluding carboxylic acids is 1. The zero-order valence-corrected chi connectivity index (χ0v) is 25.3. The summed E-state index contributed by atoms with van der Waals surface area (Å²) in [6, 6.07) is 2.57. The van der Waals surface area contributed by atoms with E-state index in [1.165, 1.54) is 21.3 Å². The van der Waals surface area contributed by atoms with Crippen molar-refractivity contribution in [1.29, 1.82) is 0 Å². The molecule has 0 saturated heterocycles. The summed E-state index contributed by atoms with van der Waals surface area (Å²) in [5.74, 6) is -2.73. The van der Waals surface area contributed by atoms with Crippen molar-refractivity contribution in [3.63, 3.8) is 0 Å². The van der Waals surface area contributed by atoms with Crippen LogP contribution in [-0.4, -0.2) is 50.4 Å². The first kappa shape index (κ1) is 32.3. The Morgan fingerprint density at radius 3 is 2.59 bits per heavy atom. The Kier molecular flexibility index (Phi) is 12.0. The van der Waals surface area contributed by atoms with E-state index in [2.05, 4.69) is 27.2 Å². The minimum atomic E-state index is -1.15. The minimum absolute atomic E-state index is 0.0805. The molecule has 8 nitrogen and oxygen atoms in total. The summed E-state index contributed by atoms with van der Waals surface area (Å²) in [5, 5.41) is 15.4. The van der Waals surface area contributed by atoms with E-state index in [1.807, 2.05) is 28.3 Å². The predicted octanol–water partition coefficient (Wildman–Crippen LogP) is 6.63. The molecule has 0 spiro atoms. The first-order valence-electron chi connectivity index (χ1n) is 12.6. The third kappa shape index (κ3) is 7.98. The van der Waals surface area contributed by atoms with Crippen molar-refractivity contribution >= 4 is 59.3 Å². The lowest BCUT2D eigenvalue weighted by Gasteiger charge is -2.29. The number of aliphatic carboxylic acids is 1. The van der Waals surface area contributed by atoms with E-state index in [-0.39, 0.29) is 34.3 Å². The molecule has 2 heterocycles. The van der Waals surface area contributed by atoms with E-state index in [1.54, 1.807) is 23.2 Å². The standard InChI is InChI=1S/C19H19F3IN5S.C9H10O3/c1-24-11-3-2-4-12(7-11)26-19-16(22)8-25-18(27-19)14-9-28(29-23)17-13(14)5-10(20)6-15(17)21;1-3-5-7(6-10)8(4-2)9(11)12/h5-6,8-9,11-12,24H,2-4,7H2,1H3,(H,25,26,27);3-6H,2H2,1H3,(H,11,12)/b;5-3-,8-7-. The highest BCUT2D eigenvalue weighted by molar-refractivity contribution is 14.2. The molecule has 3 N–H and O–H groups in total. The molecular formula is C28H29F3IN5O3S. The van der Waals surface area contributed by atoms with Gasteiger partial charge >= 0.3 is 5.97 Å². The molecule has 0 bridgehead atoms. The van der Waals surface area contributed by atoms with E-state index in [0.717, 1.165) is 44.0 Å². The highest BCUT2D eigenvalue weighted by Crippen LogP contribution is 2.36. The zero-order chi connectivity index (χ0) is 30.1. The maximum atomic E-state index is 14.4. The van der Waals surface area contributed by atoms with Crippen molar-refractivity contribution in [1.82, 2.24) is 19.3 Å². The fourth-order valence-corrected chi connectivity index (χ4v) is 5.89. The number of rotatable bonds is 9. The lowest BCUT2D eigenvalue weighted by Crippen LogP contribution is -2.37. The van der Waals surface area contributed by atoms with Gasteiger partial charge in [-0.25, -0.2) is 27.9 Å². The summed E-state index contributed by atoms with van der Waals surface area (Å²) in [6.45, 7) is 5.00. The Morgan fingerprint density at radius 2 is 1.98 bits per heavy atom. The van der Waals surface area contributed by atoms with Gasteiger partial charge in [0.15, 0.2) is 29.6 Å².